The molecule has 1 N–H and O–H groups in total. The molecule has 1 aliphatic rings. The van der Waals surface area contributed by atoms with Crippen LogP contribution in [-0.4, -0.2) is 41.5 Å². The molecule has 0 saturated carbocycles. The summed E-state index contributed by atoms with van der Waals surface area (Å²) in [4.78, 5) is 12.7. The first-order valence-electron chi connectivity index (χ1n) is 11.0. The topological polar surface area (TPSA) is 84.3 Å². The SMILES string of the molecule is Cc1nn(CCC(=O)Nc2ccc(C(C)C)cc2)c(C)c1S(=O)(=O)N1CCC(C)CC1. The number of nitrogens with zero attached hydrogens (tertiary/aromatic N) is 3. The smallest absolute Gasteiger partial charge is 0.246 e. The van der Waals surface area contributed by atoms with Crippen molar-refractivity contribution >= 4 is 21.6 Å². The van der Waals surface area contributed by atoms with Crippen molar-refractivity contribution in [1.82, 2.24) is 14.1 Å². The number of carbonyl (C=O) groups is 1. The first-order chi connectivity index (χ1) is 14.6. The standard InChI is InChI=1S/C23H34N4O3S/c1-16(2)20-6-8-21(9-7-20)24-22(28)12-15-27-19(5)23(18(4)25-27)31(29,30)26-13-10-17(3)11-14-26/h6-9,16-17H,10-15H2,1-5H3,(H,24,28). The minimum Gasteiger partial charge on any atom is -0.326 e. The number of nitrogens with one attached hydrogen (secondary N) is 1. The molecule has 0 bridgehead atoms. The molecular formula is C23H34N4O3S. The highest BCUT2D eigenvalue weighted by Crippen LogP contribution is 2.27. The van der Waals surface area contributed by atoms with E-state index >= 15 is 0 Å². The Balaban J connectivity index is 1.66. The van der Waals surface area contributed by atoms with Crippen LogP contribution >= 0.6 is 0 Å². The summed E-state index contributed by atoms with van der Waals surface area (Å²) in [6.07, 6.45) is 1.97. The number of rotatable bonds is 7. The van der Waals surface area contributed by atoms with E-state index in [1.807, 2.05) is 24.3 Å². The predicted molar refractivity (Wildman–Crippen MR) is 123 cm³/mol. The molecule has 0 atom stereocenters. The number of amides is 1. The molecule has 1 amide bonds. The van der Waals surface area contributed by atoms with E-state index in [-0.39, 0.29) is 17.2 Å². The lowest BCUT2D eigenvalue weighted by atomic mass is 10.0. The van der Waals surface area contributed by atoms with Gasteiger partial charge in [0, 0.05) is 25.2 Å². The van der Waals surface area contributed by atoms with E-state index < -0.39 is 10.0 Å². The Hall–Kier alpha value is -2.19. The van der Waals surface area contributed by atoms with Gasteiger partial charge in [0.15, 0.2) is 0 Å². The summed E-state index contributed by atoms with van der Waals surface area (Å²) in [5.41, 5.74) is 3.05. The summed E-state index contributed by atoms with van der Waals surface area (Å²) in [5.74, 6) is 0.866. The van der Waals surface area contributed by atoms with Crippen molar-refractivity contribution in [1.29, 1.82) is 0 Å². The number of hydrogen-bond donors (Lipinski definition) is 1. The maximum Gasteiger partial charge on any atom is 0.246 e. The highest BCUT2D eigenvalue weighted by Gasteiger charge is 2.33. The van der Waals surface area contributed by atoms with Crippen LogP contribution in [0.3, 0.4) is 0 Å². The van der Waals surface area contributed by atoms with Crippen LogP contribution in [0.15, 0.2) is 29.2 Å². The largest absolute Gasteiger partial charge is 0.326 e. The Morgan fingerprint density at radius 1 is 1.16 bits per heavy atom. The van der Waals surface area contributed by atoms with Gasteiger partial charge in [-0.15, -0.1) is 0 Å². The van der Waals surface area contributed by atoms with Gasteiger partial charge in [-0.05, 0) is 56.2 Å². The number of sulfonamides is 1. The zero-order valence-corrected chi connectivity index (χ0v) is 20.0. The fourth-order valence-electron chi connectivity index (χ4n) is 4.01. The fourth-order valence-corrected chi connectivity index (χ4v) is 5.85. The van der Waals surface area contributed by atoms with E-state index in [1.54, 1.807) is 22.8 Å². The number of aromatic nitrogens is 2. The number of benzene rings is 1. The second-order valence-corrected chi connectivity index (χ2v) is 10.8. The van der Waals surface area contributed by atoms with Crippen molar-refractivity contribution < 1.29 is 13.2 Å². The van der Waals surface area contributed by atoms with Crippen molar-refractivity contribution in [2.45, 2.75) is 71.2 Å². The Morgan fingerprint density at radius 3 is 2.35 bits per heavy atom. The summed E-state index contributed by atoms with van der Waals surface area (Å²) in [6, 6.07) is 7.83. The van der Waals surface area contributed by atoms with Gasteiger partial charge < -0.3 is 5.32 Å². The van der Waals surface area contributed by atoms with Crippen LogP contribution in [0.2, 0.25) is 0 Å². The van der Waals surface area contributed by atoms with Crippen LogP contribution in [0.4, 0.5) is 5.69 Å². The second kappa shape index (κ2) is 9.53. The van der Waals surface area contributed by atoms with Gasteiger partial charge in [0.05, 0.1) is 17.9 Å². The second-order valence-electron chi connectivity index (χ2n) is 8.88. The Labute approximate surface area is 185 Å². The molecule has 2 aromatic rings. The molecule has 0 unspecified atom stereocenters. The van der Waals surface area contributed by atoms with Crippen molar-refractivity contribution in [3.05, 3.63) is 41.2 Å². The van der Waals surface area contributed by atoms with Crippen molar-refractivity contribution in [3.8, 4) is 0 Å². The predicted octanol–water partition coefficient (Wildman–Crippen LogP) is 4.07. The Morgan fingerprint density at radius 2 is 1.77 bits per heavy atom. The van der Waals surface area contributed by atoms with Gasteiger partial charge in [-0.1, -0.05) is 32.9 Å². The molecule has 0 radical (unpaired) electrons. The average Bonchev–Trinajstić information content (AvgIpc) is 3.01. The van der Waals surface area contributed by atoms with E-state index in [0.717, 1.165) is 18.5 Å². The molecule has 0 spiro atoms. The van der Waals surface area contributed by atoms with E-state index in [9.17, 15) is 13.2 Å². The van der Waals surface area contributed by atoms with E-state index in [1.165, 1.54) is 5.56 Å². The molecule has 3 rings (SSSR count). The molecule has 0 aliphatic carbocycles. The van der Waals surface area contributed by atoms with Crippen LogP contribution in [0.25, 0.3) is 0 Å². The summed E-state index contributed by atoms with van der Waals surface area (Å²) in [7, 11) is -3.57. The molecule has 8 heteroatoms. The minimum absolute atomic E-state index is 0.126. The van der Waals surface area contributed by atoms with Crippen molar-refractivity contribution in [2.75, 3.05) is 18.4 Å². The maximum atomic E-state index is 13.2. The molecule has 1 aromatic carbocycles. The maximum absolute atomic E-state index is 13.2. The van der Waals surface area contributed by atoms with Crippen LogP contribution in [-0.2, 0) is 21.4 Å². The Bertz CT molecular complexity index is 1020. The van der Waals surface area contributed by atoms with Gasteiger partial charge in [0.25, 0.3) is 0 Å². The molecule has 1 aliphatic heterocycles. The lowest BCUT2D eigenvalue weighted by Crippen LogP contribution is -2.38. The van der Waals surface area contributed by atoms with E-state index in [4.69, 9.17) is 0 Å². The molecule has 1 fully saturated rings. The zero-order valence-electron chi connectivity index (χ0n) is 19.2. The van der Waals surface area contributed by atoms with Crippen LogP contribution in [0, 0.1) is 19.8 Å². The number of hydrogen-bond acceptors (Lipinski definition) is 4. The summed E-state index contributed by atoms with van der Waals surface area (Å²) in [6.45, 7) is 11.3. The molecule has 170 valence electrons. The number of aryl methyl sites for hydroxylation is 2. The molecule has 1 saturated heterocycles. The van der Waals surface area contributed by atoms with Crippen LogP contribution < -0.4 is 5.32 Å². The third-order valence-corrected chi connectivity index (χ3v) is 8.22. The van der Waals surface area contributed by atoms with Gasteiger partial charge in [-0.3, -0.25) is 9.48 Å². The summed E-state index contributed by atoms with van der Waals surface area (Å²) in [5, 5.41) is 7.33. The van der Waals surface area contributed by atoms with Gasteiger partial charge >= 0.3 is 0 Å². The quantitative estimate of drug-likeness (QED) is 0.695. The highest BCUT2D eigenvalue weighted by atomic mass is 32.2. The highest BCUT2D eigenvalue weighted by molar-refractivity contribution is 7.89. The van der Waals surface area contributed by atoms with Gasteiger partial charge in [0.1, 0.15) is 4.90 Å². The number of anilines is 1. The molecule has 1 aromatic heterocycles. The molecule has 7 nitrogen and oxygen atoms in total. The van der Waals surface area contributed by atoms with Gasteiger partial charge in [-0.2, -0.15) is 9.40 Å². The summed E-state index contributed by atoms with van der Waals surface area (Å²) < 4.78 is 29.6. The lowest BCUT2D eigenvalue weighted by molar-refractivity contribution is -0.116. The third-order valence-electron chi connectivity index (χ3n) is 6.07. The zero-order chi connectivity index (χ0) is 22.8. The van der Waals surface area contributed by atoms with Gasteiger partial charge in [-0.25, -0.2) is 8.42 Å². The Kier molecular flexibility index (Phi) is 7.21. The van der Waals surface area contributed by atoms with E-state index in [2.05, 4.69) is 31.2 Å². The molecule has 31 heavy (non-hydrogen) atoms. The monoisotopic (exact) mass is 446 g/mol. The van der Waals surface area contributed by atoms with E-state index in [0.29, 0.717) is 42.9 Å². The molecular weight excluding hydrogens is 412 g/mol. The fraction of sp³-hybridized carbons (Fsp3) is 0.565. The number of piperidine rings is 1. The average molecular weight is 447 g/mol. The van der Waals surface area contributed by atoms with Gasteiger partial charge in [0.2, 0.25) is 15.9 Å². The normalized spacial score (nSPS) is 16.1. The summed E-state index contributed by atoms with van der Waals surface area (Å²) >= 11 is 0. The lowest BCUT2D eigenvalue weighted by Gasteiger charge is -2.29. The van der Waals surface area contributed by atoms with Crippen LogP contribution in [0.1, 0.15) is 62.9 Å². The van der Waals surface area contributed by atoms with Crippen molar-refractivity contribution in [2.24, 2.45) is 5.92 Å². The number of carbonyl (C=O) groups excluding carboxylic acids is 1. The van der Waals surface area contributed by atoms with Crippen molar-refractivity contribution in [3.63, 3.8) is 0 Å². The minimum atomic E-state index is -3.57. The van der Waals surface area contributed by atoms with Crippen LogP contribution in [0.5, 0.6) is 0 Å². The first-order valence-corrected chi connectivity index (χ1v) is 12.5. The molecule has 2 heterocycles. The third kappa shape index (κ3) is 5.36. The first kappa shape index (κ1) is 23.5.